The molecule has 0 saturated heterocycles. The second-order valence-electron chi connectivity index (χ2n) is 6.10. The highest BCUT2D eigenvalue weighted by Crippen LogP contribution is 2.33. The van der Waals surface area contributed by atoms with E-state index in [1.807, 2.05) is 54.8 Å². The van der Waals surface area contributed by atoms with Crippen LogP contribution in [-0.2, 0) is 11.2 Å². The predicted molar refractivity (Wildman–Crippen MR) is 109 cm³/mol. The summed E-state index contributed by atoms with van der Waals surface area (Å²) in [6.07, 6.45) is 0.975. The van der Waals surface area contributed by atoms with Crippen LogP contribution in [0.3, 0.4) is 0 Å². The summed E-state index contributed by atoms with van der Waals surface area (Å²) in [6, 6.07) is 13.7. The topological polar surface area (TPSA) is 60.5 Å². The third-order valence-electron chi connectivity index (χ3n) is 4.20. The van der Waals surface area contributed by atoms with E-state index in [1.54, 1.807) is 14.2 Å². The number of carbonyl (C=O) groups is 1. The molecule has 0 saturated carbocycles. The highest BCUT2D eigenvalue weighted by Gasteiger charge is 2.12. The molecule has 0 radical (unpaired) electrons. The number of hydrogen-bond acceptors (Lipinski definition) is 5. The lowest BCUT2D eigenvalue weighted by Crippen LogP contribution is -2.12. The Balaban J connectivity index is 1.65. The molecule has 0 aliphatic heterocycles. The normalized spacial score (nSPS) is 10.5. The minimum Gasteiger partial charge on any atom is -0.496 e. The van der Waals surface area contributed by atoms with Gasteiger partial charge in [-0.1, -0.05) is 29.8 Å². The number of carbonyl (C=O) groups excluding carboxylic acids is 1. The zero-order valence-electron chi connectivity index (χ0n) is 15.6. The molecule has 0 atom stereocenters. The molecule has 2 aromatic carbocycles. The van der Waals surface area contributed by atoms with Crippen LogP contribution in [0.15, 0.2) is 47.8 Å². The van der Waals surface area contributed by atoms with Gasteiger partial charge in [-0.25, -0.2) is 4.98 Å². The minimum absolute atomic E-state index is 0.0713. The molecular weight excluding hydrogens is 360 g/mol. The van der Waals surface area contributed by atoms with Crippen molar-refractivity contribution in [2.45, 2.75) is 19.8 Å². The van der Waals surface area contributed by atoms with Crippen molar-refractivity contribution in [1.82, 2.24) is 4.98 Å². The highest BCUT2D eigenvalue weighted by molar-refractivity contribution is 7.14. The van der Waals surface area contributed by atoms with Gasteiger partial charge in [0, 0.05) is 17.4 Å². The van der Waals surface area contributed by atoms with Gasteiger partial charge in [0.05, 0.1) is 19.9 Å². The molecule has 3 aromatic rings. The molecule has 5 nitrogen and oxygen atoms in total. The third kappa shape index (κ3) is 4.65. The van der Waals surface area contributed by atoms with E-state index in [0.717, 1.165) is 33.9 Å². The molecule has 0 fully saturated rings. The zero-order chi connectivity index (χ0) is 19.2. The van der Waals surface area contributed by atoms with E-state index in [-0.39, 0.29) is 5.91 Å². The first-order valence-corrected chi connectivity index (χ1v) is 9.51. The maximum Gasteiger partial charge on any atom is 0.226 e. The zero-order valence-corrected chi connectivity index (χ0v) is 16.4. The van der Waals surface area contributed by atoms with Gasteiger partial charge in [-0.2, -0.15) is 0 Å². The van der Waals surface area contributed by atoms with Gasteiger partial charge < -0.3 is 14.8 Å². The van der Waals surface area contributed by atoms with Gasteiger partial charge >= 0.3 is 0 Å². The SMILES string of the molecule is COc1ccccc1CCC(=O)Nc1nc(-c2cc(C)ccc2OC)cs1. The molecule has 6 heteroatoms. The number of benzene rings is 2. The van der Waals surface area contributed by atoms with Crippen molar-refractivity contribution in [3.05, 3.63) is 59.0 Å². The van der Waals surface area contributed by atoms with Crippen LogP contribution in [-0.4, -0.2) is 25.1 Å². The number of aryl methyl sites for hydroxylation is 2. The van der Waals surface area contributed by atoms with Gasteiger partial charge in [0.2, 0.25) is 5.91 Å². The van der Waals surface area contributed by atoms with Crippen molar-refractivity contribution in [1.29, 1.82) is 0 Å². The van der Waals surface area contributed by atoms with Crippen molar-refractivity contribution in [3.63, 3.8) is 0 Å². The first-order chi connectivity index (χ1) is 13.1. The number of thiazole rings is 1. The number of amides is 1. The van der Waals surface area contributed by atoms with Crippen molar-refractivity contribution in [2.75, 3.05) is 19.5 Å². The van der Waals surface area contributed by atoms with Gasteiger partial charge in [0.25, 0.3) is 0 Å². The van der Waals surface area contributed by atoms with Gasteiger partial charge in [-0.05, 0) is 37.1 Å². The van der Waals surface area contributed by atoms with Crippen LogP contribution in [0.25, 0.3) is 11.3 Å². The molecule has 0 spiro atoms. The number of para-hydroxylation sites is 1. The number of rotatable bonds is 7. The lowest BCUT2D eigenvalue weighted by atomic mass is 10.1. The quantitative estimate of drug-likeness (QED) is 0.643. The Hall–Kier alpha value is -2.86. The fourth-order valence-corrected chi connectivity index (χ4v) is 3.54. The smallest absolute Gasteiger partial charge is 0.226 e. The van der Waals surface area contributed by atoms with Crippen LogP contribution in [0, 0.1) is 6.92 Å². The number of nitrogens with one attached hydrogen (secondary N) is 1. The van der Waals surface area contributed by atoms with E-state index < -0.39 is 0 Å². The van der Waals surface area contributed by atoms with Gasteiger partial charge in [0.1, 0.15) is 11.5 Å². The summed E-state index contributed by atoms with van der Waals surface area (Å²) in [7, 11) is 3.27. The van der Waals surface area contributed by atoms with Crippen molar-refractivity contribution < 1.29 is 14.3 Å². The van der Waals surface area contributed by atoms with Crippen LogP contribution in [0.4, 0.5) is 5.13 Å². The summed E-state index contributed by atoms with van der Waals surface area (Å²) < 4.78 is 10.7. The minimum atomic E-state index is -0.0713. The van der Waals surface area contributed by atoms with Crippen LogP contribution in [0.5, 0.6) is 11.5 Å². The molecule has 1 amide bonds. The van der Waals surface area contributed by atoms with E-state index in [1.165, 1.54) is 11.3 Å². The van der Waals surface area contributed by atoms with Gasteiger partial charge in [-0.15, -0.1) is 11.3 Å². The van der Waals surface area contributed by atoms with Crippen molar-refractivity contribution in [3.8, 4) is 22.8 Å². The lowest BCUT2D eigenvalue weighted by Gasteiger charge is -2.08. The maximum atomic E-state index is 12.3. The average Bonchev–Trinajstić information content (AvgIpc) is 3.14. The summed E-state index contributed by atoms with van der Waals surface area (Å²) in [5.74, 6) is 1.49. The summed E-state index contributed by atoms with van der Waals surface area (Å²) >= 11 is 1.40. The summed E-state index contributed by atoms with van der Waals surface area (Å²) in [5.41, 5.74) is 3.85. The standard InChI is InChI=1S/C21H22N2O3S/c1-14-8-10-19(26-3)16(12-14)17-13-27-21(22-17)23-20(24)11-9-15-6-4-5-7-18(15)25-2/h4-8,10,12-13H,9,11H2,1-3H3,(H,22,23,24). The highest BCUT2D eigenvalue weighted by atomic mass is 32.1. The second-order valence-corrected chi connectivity index (χ2v) is 6.96. The second kappa shape index (κ2) is 8.68. The monoisotopic (exact) mass is 382 g/mol. The molecule has 0 aliphatic carbocycles. The van der Waals surface area contributed by atoms with Crippen molar-refractivity contribution >= 4 is 22.4 Å². The fourth-order valence-electron chi connectivity index (χ4n) is 2.82. The molecule has 3 rings (SSSR count). The Morgan fingerprint density at radius 3 is 2.67 bits per heavy atom. The van der Waals surface area contributed by atoms with E-state index in [4.69, 9.17) is 9.47 Å². The molecule has 140 valence electrons. The predicted octanol–water partition coefficient (Wildman–Crippen LogP) is 4.71. The molecule has 1 aromatic heterocycles. The van der Waals surface area contributed by atoms with Crippen molar-refractivity contribution in [2.24, 2.45) is 0 Å². The van der Waals surface area contributed by atoms with E-state index >= 15 is 0 Å². The molecule has 1 N–H and O–H groups in total. The van der Waals surface area contributed by atoms with Gasteiger partial charge in [0.15, 0.2) is 5.13 Å². The Bertz CT molecular complexity index is 937. The largest absolute Gasteiger partial charge is 0.496 e. The fraction of sp³-hybridized carbons (Fsp3) is 0.238. The lowest BCUT2D eigenvalue weighted by molar-refractivity contribution is -0.116. The summed E-state index contributed by atoms with van der Waals surface area (Å²) in [4.78, 5) is 16.8. The van der Waals surface area contributed by atoms with Crippen LogP contribution >= 0.6 is 11.3 Å². The first-order valence-electron chi connectivity index (χ1n) is 8.63. The van der Waals surface area contributed by atoms with Gasteiger partial charge in [-0.3, -0.25) is 4.79 Å². The third-order valence-corrected chi connectivity index (χ3v) is 4.95. The Morgan fingerprint density at radius 2 is 1.89 bits per heavy atom. The summed E-state index contributed by atoms with van der Waals surface area (Å²) in [6.45, 7) is 2.02. The molecule has 27 heavy (non-hydrogen) atoms. The first kappa shape index (κ1) is 18.9. The Labute approximate surface area is 163 Å². The number of methoxy groups -OCH3 is 2. The molecular formula is C21H22N2O3S. The number of nitrogens with zero attached hydrogens (tertiary/aromatic N) is 1. The number of aromatic nitrogens is 1. The van der Waals surface area contributed by atoms with Crippen LogP contribution in [0.2, 0.25) is 0 Å². The van der Waals surface area contributed by atoms with Crippen LogP contribution in [0.1, 0.15) is 17.5 Å². The Kier molecular flexibility index (Phi) is 6.08. The average molecular weight is 382 g/mol. The molecule has 1 heterocycles. The van der Waals surface area contributed by atoms with E-state index in [2.05, 4.69) is 10.3 Å². The molecule has 0 bridgehead atoms. The molecule has 0 unspecified atom stereocenters. The number of hydrogen-bond donors (Lipinski definition) is 1. The maximum absolute atomic E-state index is 12.3. The number of ether oxygens (including phenoxy) is 2. The number of anilines is 1. The van der Waals surface area contributed by atoms with Crippen LogP contribution < -0.4 is 14.8 Å². The summed E-state index contributed by atoms with van der Waals surface area (Å²) in [5, 5.41) is 5.38. The Morgan fingerprint density at radius 1 is 1.11 bits per heavy atom. The molecule has 0 aliphatic rings. The van der Waals surface area contributed by atoms with E-state index in [9.17, 15) is 4.79 Å². The van der Waals surface area contributed by atoms with E-state index in [0.29, 0.717) is 18.0 Å².